The number of hydrazine groups is 4. The number of likely N-dealkylation sites (N-methyl/N-ethyl adjacent to an activating group) is 2. The largest absolute Gasteiger partial charge is 0.261 e. The van der Waals surface area contributed by atoms with E-state index in [1.165, 1.54) is 23.9 Å². The van der Waals surface area contributed by atoms with E-state index in [2.05, 4.69) is 0 Å². The van der Waals surface area contributed by atoms with Crippen molar-refractivity contribution in [2.45, 2.75) is 37.0 Å². The first-order valence-corrected chi connectivity index (χ1v) is 7.25. The maximum atomic E-state index is 11.7. The molecule has 0 saturated carbocycles. The van der Waals surface area contributed by atoms with Gasteiger partial charge in [0.05, 0.1) is 0 Å². The van der Waals surface area contributed by atoms with Crippen molar-refractivity contribution in [3.63, 3.8) is 0 Å². The average molecular weight is 376 g/mol. The second-order valence-electron chi connectivity index (χ2n) is 6.28. The Kier molecular flexibility index (Phi) is 2.91. The van der Waals surface area contributed by atoms with E-state index < -0.39 is 57.1 Å². The maximum Gasteiger partial charge on any atom is 0.261 e. The van der Waals surface area contributed by atoms with Crippen LogP contribution in [-0.4, -0.2) is 101 Å². The minimum absolute atomic E-state index is 0.376. The fraction of sp³-hybridized carbons (Fsp3) is 1.00. The summed E-state index contributed by atoms with van der Waals surface area (Å²) >= 11 is 0. The highest BCUT2D eigenvalue weighted by atomic mass is 16.7. The van der Waals surface area contributed by atoms with E-state index in [9.17, 15) is 40.5 Å². The first-order chi connectivity index (χ1) is 12.1. The number of nitrogens with zero attached hydrogens (tertiary/aromatic N) is 10. The molecule has 0 aliphatic carbocycles. The smallest absolute Gasteiger partial charge is 0.250 e. The minimum atomic E-state index is -1.68. The summed E-state index contributed by atoms with van der Waals surface area (Å²) in [6, 6.07) is 0. The lowest BCUT2D eigenvalue weighted by Gasteiger charge is -2.42. The normalized spacial score (nSPS) is 38.2. The highest BCUT2D eigenvalue weighted by Gasteiger charge is 2.83. The number of rotatable bonds is 4. The molecule has 5 fully saturated rings. The van der Waals surface area contributed by atoms with E-state index in [0.717, 1.165) is 0 Å². The molecule has 6 bridgehead atoms. The number of hydrogen-bond donors (Lipinski definition) is 0. The van der Waals surface area contributed by atoms with Crippen molar-refractivity contribution in [3.05, 3.63) is 40.5 Å². The van der Waals surface area contributed by atoms with Gasteiger partial charge in [-0.05, 0) is 14.1 Å². The molecule has 0 N–H and O–H groups in total. The topological polar surface area (TPSA) is 192 Å². The molecular formula is C8H12N10O8. The molecule has 26 heavy (non-hydrogen) atoms. The fourth-order valence-corrected chi connectivity index (χ4v) is 4.63. The molecular weight excluding hydrogens is 364 g/mol. The maximum absolute atomic E-state index is 11.7. The summed E-state index contributed by atoms with van der Waals surface area (Å²) in [6.45, 7) is 0. The van der Waals surface area contributed by atoms with Crippen molar-refractivity contribution in [3.8, 4) is 0 Å². The van der Waals surface area contributed by atoms with Crippen LogP contribution in [0.15, 0.2) is 0 Å². The van der Waals surface area contributed by atoms with Crippen molar-refractivity contribution in [1.29, 1.82) is 0 Å². The first-order valence-electron chi connectivity index (χ1n) is 7.25. The molecule has 6 unspecified atom stereocenters. The van der Waals surface area contributed by atoms with Crippen molar-refractivity contribution in [2.24, 2.45) is 0 Å². The van der Waals surface area contributed by atoms with Gasteiger partial charge in [0.1, 0.15) is 0 Å². The van der Waals surface area contributed by atoms with E-state index in [-0.39, 0.29) is 0 Å². The molecule has 0 aromatic carbocycles. The molecule has 5 heterocycles. The van der Waals surface area contributed by atoms with Gasteiger partial charge < -0.3 is 0 Å². The molecule has 142 valence electrons. The Bertz CT molecular complexity index is 688. The Labute approximate surface area is 142 Å². The van der Waals surface area contributed by atoms with E-state index in [1.807, 2.05) is 0 Å². The molecule has 18 nitrogen and oxygen atoms in total. The van der Waals surface area contributed by atoms with Gasteiger partial charge in [0.25, 0.3) is 12.3 Å². The van der Waals surface area contributed by atoms with Gasteiger partial charge >= 0.3 is 0 Å². The van der Waals surface area contributed by atoms with Crippen LogP contribution >= 0.6 is 0 Å². The Hall–Kier alpha value is -3.28. The molecule has 5 aliphatic heterocycles. The van der Waals surface area contributed by atoms with Gasteiger partial charge in [0, 0.05) is 0 Å². The molecule has 0 aromatic rings. The summed E-state index contributed by atoms with van der Waals surface area (Å²) in [4.78, 5) is 49.0. The van der Waals surface area contributed by atoms with Crippen LogP contribution in [-0.2, 0) is 0 Å². The van der Waals surface area contributed by atoms with Gasteiger partial charge in [0.2, 0.25) is 0 Å². The standard InChI is InChI=1S/C8H12N10O8/c1-9-3-4-10(2)6-8(13(4)17(23)24)14(18(25)26)7(12(3)16(21)22)5(9)11(6)15(19)20/h3-8H,1-2H3. The van der Waals surface area contributed by atoms with Crippen LogP contribution in [0.4, 0.5) is 0 Å². The average Bonchev–Trinajstić information content (AvgIpc) is 2.90. The quantitative estimate of drug-likeness (QED) is 0.352. The third kappa shape index (κ3) is 1.52. The summed E-state index contributed by atoms with van der Waals surface area (Å²) in [7, 11) is 2.63. The third-order valence-electron chi connectivity index (χ3n) is 5.39. The zero-order valence-corrected chi connectivity index (χ0v) is 13.2. The van der Waals surface area contributed by atoms with Gasteiger partial charge in [-0.15, -0.1) is 0 Å². The number of hydrogen-bond acceptors (Lipinski definition) is 10. The number of piperazine rings is 1. The molecule has 6 atom stereocenters. The van der Waals surface area contributed by atoms with Crippen LogP contribution in [0.25, 0.3) is 0 Å². The zero-order chi connectivity index (χ0) is 19.2. The van der Waals surface area contributed by atoms with Crippen LogP contribution < -0.4 is 0 Å². The highest BCUT2D eigenvalue weighted by molar-refractivity contribution is 5.10. The lowest BCUT2D eigenvalue weighted by molar-refractivity contribution is -0.776. The van der Waals surface area contributed by atoms with Crippen LogP contribution in [0.5, 0.6) is 0 Å². The SMILES string of the molecule is CN1C2C3N([N+](=O)[O-])C1C1N(C)C(C(N1[N+](=O)[O-])N3[N+](=O)[O-])N2[N+](=O)[O-]. The summed E-state index contributed by atoms with van der Waals surface area (Å²) < 4.78 is 0. The Morgan fingerprint density at radius 1 is 0.500 bits per heavy atom. The van der Waals surface area contributed by atoms with Crippen molar-refractivity contribution < 1.29 is 20.1 Å². The highest BCUT2D eigenvalue weighted by Crippen LogP contribution is 2.50. The predicted molar refractivity (Wildman–Crippen MR) is 73.6 cm³/mol. The number of nitro groups is 4. The predicted octanol–water partition coefficient (Wildman–Crippen LogP) is -3.16. The zero-order valence-electron chi connectivity index (χ0n) is 13.2. The van der Waals surface area contributed by atoms with Crippen LogP contribution in [0, 0.1) is 40.5 Å². The van der Waals surface area contributed by atoms with E-state index in [4.69, 9.17) is 0 Å². The monoisotopic (exact) mass is 376 g/mol. The molecule has 0 aromatic heterocycles. The lowest BCUT2D eigenvalue weighted by Crippen LogP contribution is -2.76. The van der Waals surface area contributed by atoms with Crippen molar-refractivity contribution in [1.82, 2.24) is 29.8 Å². The van der Waals surface area contributed by atoms with Gasteiger partial charge in [-0.25, -0.2) is 50.3 Å². The Balaban J connectivity index is 2.03. The second-order valence-corrected chi connectivity index (χ2v) is 6.28. The second kappa shape index (κ2) is 4.66. The summed E-state index contributed by atoms with van der Waals surface area (Å²) in [5.74, 6) is 0. The minimum Gasteiger partial charge on any atom is -0.250 e. The molecule has 0 spiro atoms. The summed E-state index contributed by atoms with van der Waals surface area (Å²) in [5.41, 5.74) is 0. The van der Waals surface area contributed by atoms with Crippen LogP contribution in [0.2, 0.25) is 0 Å². The van der Waals surface area contributed by atoms with Crippen molar-refractivity contribution in [2.75, 3.05) is 14.1 Å². The Morgan fingerprint density at radius 2 is 0.692 bits per heavy atom. The van der Waals surface area contributed by atoms with Gasteiger partial charge in [0.15, 0.2) is 44.8 Å². The third-order valence-corrected chi connectivity index (χ3v) is 5.39. The van der Waals surface area contributed by atoms with Crippen LogP contribution in [0.3, 0.4) is 0 Å². The van der Waals surface area contributed by atoms with Gasteiger partial charge in [-0.2, -0.15) is 0 Å². The molecule has 5 rings (SSSR count). The van der Waals surface area contributed by atoms with Crippen molar-refractivity contribution >= 4 is 0 Å². The van der Waals surface area contributed by atoms with E-state index in [0.29, 0.717) is 20.0 Å². The molecule has 0 radical (unpaired) electrons. The molecule has 0 amide bonds. The molecule has 5 saturated heterocycles. The first kappa shape index (κ1) is 16.2. The van der Waals surface area contributed by atoms with E-state index in [1.54, 1.807) is 0 Å². The summed E-state index contributed by atoms with van der Waals surface area (Å²) in [6.07, 6.45) is -8.65. The Morgan fingerprint density at radius 3 is 0.962 bits per heavy atom. The fourth-order valence-electron chi connectivity index (χ4n) is 4.63. The molecule has 5 aliphatic rings. The van der Waals surface area contributed by atoms with E-state index >= 15 is 0 Å². The summed E-state index contributed by atoms with van der Waals surface area (Å²) in [5, 5.41) is 45.0. The van der Waals surface area contributed by atoms with Gasteiger partial charge in [-0.1, -0.05) is 20.0 Å². The lowest BCUT2D eigenvalue weighted by atomic mass is 10.2. The van der Waals surface area contributed by atoms with Gasteiger partial charge in [-0.3, -0.25) is 0 Å². The van der Waals surface area contributed by atoms with Crippen LogP contribution in [0.1, 0.15) is 0 Å². The molecule has 18 heteroatoms.